The zero-order valence-corrected chi connectivity index (χ0v) is 14.9. The molecule has 0 heterocycles. The summed E-state index contributed by atoms with van der Waals surface area (Å²) in [5.41, 5.74) is 7.12. The minimum atomic E-state index is 0. The molecule has 0 aliphatic heterocycles. The molecule has 10 heavy (non-hydrogen) atoms. The maximum atomic E-state index is 5.38. The Morgan fingerprint density at radius 3 is 2.30 bits per heavy atom. The predicted molar refractivity (Wildman–Crippen MR) is 33.3 cm³/mol. The SMILES string of the molecule is Cc1[c-]c[c-]c(N)c1.[Re].[Rf]. The van der Waals surface area contributed by atoms with Crippen LogP contribution in [0.3, 0.4) is 0 Å². The summed E-state index contributed by atoms with van der Waals surface area (Å²) in [4.78, 5) is 0. The Bertz CT molecular complexity index is 173. The number of rotatable bonds is 0. The van der Waals surface area contributed by atoms with Crippen LogP contribution in [0.25, 0.3) is 0 Å². The number of benzene rings is 1. The fourth-order valence-corrected chi connectivity index (χ4v) is 0.550. The molecule has 0 saturated heterocycles. The van der Waals surface area contributed by atoms with Crippen molar-refractivity contribution in [3.8, 4) is 0 Å². The van der Waals surface area contributed by atoms with Crippen molar-refractivity contribution in [2.24, 2.45) is 0 Å². The van der Waals surface area contributed by atoms with Crippen molar-refractivity contribution in [2.45, 2.75) is 6.92 Å². The van der Waals surface area contributed by atoms with Gasteiger partial charge < -0.3 is 23.9 Å². The maximum absolute atomic E-state index is 5.38. The van der Waals surface area contributed by atoms with E-state index in [1.807, 2.05) is 13.0 Å². The largest absolute Gasteiger partial charge is 0.442 e. The molecule has 0 unspecified atom stereocenters. The molecule has 0 aliphatic carbocycles. The fourth-order valence-electron chi connectivity index (χ4n) is 0.550. The van der Waals surface area contributed by atoms with Crippen molar-refractivity contribution in [1.82, 2.24) is 0 Å². The molecule has 0 fully saturated rings. The average molecular weight is 558 g/mol. The van der Waals surface area contributed by atoms with Gasteiger partial charge in [0, 0.05) is 20.4 Å². The third kappa shape index (κ3) is 2.86. The second-order valence-corrected chi connectivity index (χ2v) is 1.72. The van der Waals surface area contributed by atoms with Crippen LogP contribution >= 0.6 is 0 Å². The molecule has 1 radical (unpaired) electrons. The minimum absolute atomic E-state index is 0. The monoisotopic (exact) mass is 559 g/mol. The predicted octanol–water partition coefficient (Wildman–Crippen LogP) is 1.18. The Morgan fingerprint density at radius 2 is 2.00 bits per heavy atom. The van der Waals surface area contributed by atoms with Crippen LogP contribution in [0.1, 0.15) is 5.56 Å². The molecule has 1 rings (SSSR count). The molecule has 2 N–H and O–H groups in total. The Hall–Kier alpha value is -1.32. The van der Waals surface area contributed by atoms with Crippen LogP contribution in [0.4, 0.5) is 5.69 Å². The number of nitrogens with two attached hydrogens (primary N) is 1. The average Bonchev–Trinajstić information content (AvgIpc) is 1.64. The van der Waals surface area contributed by atoms with Gasteiger partial charge in [0.05, 0.1) is 0 Å². The number of hydrogen-bond acceptors (Lipinski definition) is 1. The van der Waals surface area contributed by atoms with Gasteiger partial charge in [0.15, 0.2) is 0 Å². The molecule has 1 aromatic carbocycles. The Morgan fingerprint density at radius 1 is 1.40 bits per heavy atom. The quantitative estimate of drug-likeness (QED) is 0.376. The van der Waals surface area contributed by atoms with Crippen LogP contribution in [-0.2, 0) is 20.4 Å². The van der Waals surface area contributed by atoms with E-state index in [0.29, 0.717) is 5.69 Å². The molecule has 0 spiro atoms. The van der Waals surface area contributed by atoms with Crippen LogP contribution in [0, 0.1) is 19.1 Å². The van der Waals surface area contributed by atoms with Gasteiger partial charge in [0.2, 0.25) is 0 Å². The van der Waals surface area contributed by atoms with Crippen LogP contribution < -0.4 is 5.73 Å². The topological polar surface area (TPSA) is 26.0 Å². The fraction of sp³-hybridized carbons (Fsp3) is 0.143. The molecule has 0 aliphatic rings. The zero-order chi connectivity index (χ0) is 5.98. The minimum Gasteiger partial charge on any atom is -0.442 e. The van der Waals surface area contributed by atoms with Gasteiger partial charge in [-0.2, -0.15) is 0 Å². The summed E-state index contributed by atoms with van der Waals surface area (Å²) in [6.45, 7) is 1.95. The summed E-state index contributed by atoms with van der Waals surface area (Å²) >= 11 is 0. The Kier molecular flexibility index (Phi) is 5.22. The summed E-state index contributed by atoms with van der Waals surface area (Å²) in [6, 6.07) is 9.26. The molecular formula is C7H7NReRf-2. The second-order valence-electron chi connectivity index (χ2n) is 1.72. The first kappa shape index (κ1) is 11.5. The second kappa shape index (κ2) is 4.55. The molecule has 3 heteroatoms. The van der Waals surface area contributed by atoms with Gasteiger partial charge in [-0.05, 0) is 0 Å². The first-order chi connectivity index (χ1) is 3.79. The van der Waals surface area contributed by atoms with Gasteiger partial charge in [-0.15, -0.1) is 0 Å². The van der Waals surface area contributed by atoms with Crippen molar-refractivity contribution in [3.05, 3.63) is 29.8 Å². The van der Waals surface area contributed by atoms with E-state index < -0.39 is 0 Å². The molecule has 51 valence electrons. The standard InChI is InChI=1S/C7H7N.Re.Rf/c1-6-3-2-4-7(8)5-6;;/h2,5H,8H2,1H3;;/q-2;;. The van der Waals surface area contributed by atoms with E-state index in [2.05, 4.69) is 12.1 Å². The molecule has 0 aromatic heterocycles. The summed E-state index contributed by atoms with van der Waals surface area (Å²) in [5, 5.41) is 0. The van der Waals surface area contributed by atoms with Gasteiger partial charge in [-0.3, -0.25) is 11.6 Å². The van der Waals surface area contributed by atoms with Crippen molar-refractivity contribution in [3.63, 3.8) is 0 Å². The third-order valence-corrected chi connectivity index (χ3v) is 0.911. The number of aryl methyl sites for hydroxylation is 1. The summed E-state index contributed by atoms with van der Waals surface area (Å²) in [6.07, 6.45) is 0. The maximum Gasteiger partial charge on any atom is 0 e. The van der Waals surface area contributed by atoms with Crippen molar-refractivity contribution < 1.29 is 20.4 Å². The first-order valence-corrected chi connectivity index (χ1v) is 2.44. The van der Waals surface area contributed by atoms with E-state index in [1.54, 1.807) is 6.07 Å². The van der Waals surface area contributed by atoms with E-state index in [1.165, 1.54) is 0 Å². The van der Waals surface area contributed by atoms with E-state index in [-0.39, 0.29) is 20.4 Å². The number of hydrogen-bond donors (Lipinski definition) is 1. The Labute approximate surface area is 68.9 Å². The smallest absolute Gasteiger partial charge is 0 e. The molecule has 0 atom stereocenters. The van der Waals surface area contributed by atoms with Crippen LogP contribution in [0.15, 0.2) is 12.1 Å². The van der Waals surface area contributed by atoms with E-state index in [9.17, 15) is 0 Å². The molecule has 1 aromatic rings. The van der Waals surface area contributed by atoms with E-state index in [4.69, 9.17) is 5.73 Å². The van der Waals surface area contributed by atoms with Crippen LogP contribution in [-0.4, -0.2) is 0 Å². The molecule has 1 nitrogen and oxygen atoms in total. The van der Waals surface area contributed by atoms with Gasteiger partial charge in [-0.1, -0.05) is 6.92 Å². The van der Waals surface area contributed by atoms with Gasteiger partial charge >= 0.3 is 0 Å². The van der Waals surface area contributed by atoms with Crippen molar-refractivity contribution in [1.29, 1.82) is 0 Å². The van der Waals surface area contributed by atoms with Crippen LogP contribution in [0.2, 0.25) is 0 Å². The number of nitrogen functional groups attached to an aromatic ring is 1. The molecule has 0 bridgehead atoms. The van der Waals surface area contributed by atoms with Crippen molar-refractivity contribution in [2.75, 3.05) is 5.73 Å². The van der Waals surface area contributed by atoms with Crippen molar-refractivity contribution >= 4 is 5.69 Å². The molecule has 0 amide bonds. The molecule has 0 saturated carbocycles. The van der Waals surface area contributed by atoms with Crippen LogP contribution in [0.5, 0.6) is 0 Å². The normalized spacial score (nSPS) is 7.30. The Balaban J connectivity index is 0. The van der Waals surface area contributed by atoms with E-state index >= 15 is 0 Å². The number of anilines is 1. The van der Waals surface area contributed by atoms with Gasteiger partial charge in [-0.25, -0.2) is 5.69 Å². The van der Waals surface area contributed by atoms with Gasteiger partial charge in [0.25, 0.3) is 0 Å². The zero-order valence-electron chi connectivity index (χ0n) is 5.82. The van der Waals surface area contributed by atoms with E-state index in [0.717, 1.165) is 5.56 Å². The molecular weight excluding hydrogens is 551 g/mol. The summed E-state index contributed by atoms with van der Waals surface area (Å²) in [7, 11) is 0. The summed E-state index contributed by atoms with van der Waals surface area (Å²) < 4.78 is 0. The van der Waals surface area contributed by atoms with Gasteiger partial charge in [0.1, 0.15) is 0 Å². The summed E-state index contributed by atoms with van der Waals surface area (Å²) in [5.74, 6) is 0. The third-order valence-electron chi connectivity index (χ3n) is 0.911. The first-order valence-electron chi connectivity index (χ1n) is 2.44.